The standard InChI is InChI=1S/C22H26N2O3/c1-3-4-13-27-20-8-6-5-7-18(20)22(26)23-17-12-9-15(2)19(14-17)24-21(25)16-10-11-16/h5-9,12,14,16H,3-4,10-11,13H2,1-2H3,(H,23,26)(H,24,25). The molecule has 0 atom stereocenters. The molecule has 0 heterocycles. The number of para-hydroxylation sites is 1. The van der Waals surface area contributed by atoms with Crippen molar-refractivity contribution >= 4 is 23.2 Å². The fourth-order valence-corrected chi connectivity index (χ4v) is 2.72. The van der Waals surface area contributed by atoms with Crippen LogP contribution in [0.1, 0.15) is 48.5 Å². The summed E-state index contributed by atoms with van der Waals surface area (Å²) in [5, 5.41) is 5.86. The highest BCUT2D eigenvalue weighted by Gasteiger charge is 2.29. The van der Waals surface area contributed by atoms with Crippen LogP contribution in [0.15, 0.2) is 42.5 Å². The number of aryl methyl sites for hydroxylation is 1. The number of rotatable bonds is 8. The molecule has 0 bridgehead atoms. The molecule has 2 N–H and O–H groups in total. The van der Waals surface area contributed by atoms with Gasteiger partial charge in [-0.05, 0) is 56.0 Å². The van der Waals surface area contributed by atoms with E-state index < -0.39 is 0 Å². The fourth-order valence-electron chi connectivity index (χ4n) is 2.72. The lowest BCUT2D eigenvalue weighted by atomic mass is 10.1. The third-order valence-corrected chi connectivity index (χ3v) is 4.59. The second kappa shape index (κ2) is 8.71. The number of benzene rings is 2. The topological polar surface area (TPSA) is 67.4 Å². The van der Waals surface area contributed by atoms with Gasteiger partial charge in [-0.15, -0.1) is 0 Å². The van der Waals surface area contributed by atoms with E-state index in [2.05, 4.69) is 17.6 Å². The Kier molecular flexibility index (Phi) is 6.12. The molecule has 1 aliphatic carbocycles. The third-order valence-electron chi connectivity index (χ3n) is 4.59. The first-order chi connectivity index (χ1) is 13.1. The predicted molar refractivity (Wildman–Crippen MR) is 107 cm³/mol. The van der Waals surface area contributed by atoms with Crippen LogP contribution in [-0.2, 0) is 4.79 Å². The molecule has 27 heavy (non-hydrogen) atoms. The average Bonchev–Trinajstić information content (AvgIpc) is 3.50. The molecule has 1 fully saturated rings. The third kappa shape index (κ3) is 5.09. The largest absolute Gasteiger partial charge is 0.493 e. The Morgan fingerprint density at radius 1 is 1.11 bits per heavy atom. The Balaban J connectivity index is 1.71. The molecule has 0 radical (unpaired) electrons. The van der Waals surface area contributed by atoms with Gasteiger partial charge in [0.1, 0.15) is 5.75 Å². The number of anilines is 2. The summed E-state index contributed by atoms with van der Waals surface area (Å²) in [7, 11) is 0. The second-order valence-electron chi connectivity index (χ2n) is 6.95. The smallest absolute Gasteiger partial charge is 0.259 e. The van der Waals surface area contributed by atoms with Crippen LogP contribution in [0.25, 0.3) is 0 Å². The molecule has 0 spiro atoms. The van der Waals surface area contributed by atoms with Crippen LogP contribution in [0, 0.1) is 12.8 Å². The van der Waals surface area contributed by atoms with Crippen LogP contribution in [0.3, 0.4) is 0 Å². The molecule has 0 unspecified atom stereocenters. The Morgan fingerprint density at radius 2 is 1.89 bits per heavy atom. The molecular formula is C22H26N2O3. The van der Waals surface area contributed by atoms with Crippen LogP contribution in [0.4, 0.5) is 11.4 Å². The number of ether oxygens (including phenoxy) is 1. The number of amides is 2. The zero-order valence-electron chi connectivity index (χ0n) is 15.9. The first-order valence-corrected chi connectivity index (χ1v) is 9.53. The van der Waals surface area contributed by atoms with Crippen molar-refractivity contribution < 1.29 is 14.3 Å². The van der Waals surface area contributed by atoms with Crippen molar-refractivity contribution in [1.29, 1.82) is 0 Å². The maximum atomic E-state index is 12.7. The molecule has 5 nitrogen and oxygen atoms in total. The minimum absolute atomic E-state index is 0.0521. The summed E-state index contributed by atoms with van der Waals surface area (Å²) in [4.78, 5) is 24.8. The SMILES string of the molecule is CCCCOc1ccccc1C(=O)Nc1ccc(C)c(NC(=O)C2CC2)c1. The molecule has 2 amide bonds. The second-order valence-corrected chi connectivity index (χ2v) is 6.95. The fraction of sp³-hybridized carbons (Fsp3) is 0.364. The van der Waals surface area contributed by atoms with Crippen LogP contribution >= 0.6 is 0 Å². The van der Waals surface area contributed by atoms with Crippen molar-refractivity contribution in [3.8, 4) is 5.75 Å². The summed E-state index contributed by atoms with van der Waals surface area (Å²) < 4.78 is 5.75. The number of carbonyl (C=O) groups excluding carboxylic acids is 2. The van der Waals surface area contributed by atoms with E-state index in [-0.39, 0.29) is 17.7 Å². The van der Waals surface area contributed by atoms with Crippen molar-refractivity contribution in [3.63, 3.8) is 0 Å². The van der Waals surface area contributed by atoms with E-state index in [0.29, 0.717) is 23.6 Å². The number of hydrogen-bond acceptors (Lipinski definition) is 3. The van der Waals surface area contributed by atoms with Gasteiger partial charge in [-0.2, -0.15) is 0 Å². The zero-order valence-corrected chi connectivity index (χ0v) is 15.9. The van der Waals surface area contributed by atoms with Crippen molar-refractivity contribution in [2.45, 2.75) is 39.5 Å². The van der Waals surface area contributed by atoms with Crippen molar-refractivity contribution in [1.82, 2.24) is 0 Å². The Morgan fingerprint density at radius 3 is 2.63 bits per heavy atom. The summed E-state index contributed by atoms with van der Waals surface area (Å²) in [5.74, 6) is 0.536. The van der Waals surface area contributed by atoms with Crippen LogP contribution < -0.4 is 15.4 Å². The van der Waals surface area contributed by atoms with Gasteiger partial charge in [0.05, 0.1) is 12.2 Å². The highest BCUT2D eigenvalue weighted by atomic mass is 16.5. The summed E-state index contributed by atoms with van der Waals surface area (Å²) in [6.07, 6.45) is 3.89. The molecule has 2 aromatic carbocycles. The van der Waals surface area contributed by atoms with Gasteiger partial charge in [0.25, 0.3) is 5.91 Å². The molecule has 2 aromatic rings. The van der Waals surface area contributed by atoms with Gasteiger partial charge >= 0.3 is 0 Å². The first kappa shape index (κ1) is 19.0. The van der Waals surface area contributed by atoms with E-state index in [9.17, 15) is 9.59 Å². The molecule has 0 saturated heterocycles. The predicted octanol–water partition coefficient (Wildman–Crippen LogP) is 4.77. The van der Waals surface area contributed by atoms with E-state index in [0.717, 1.165) is 36.9 Å². The summed E-state index contributed by atoms with van der Waals surface area (Å²) in [5.41, 5.74) is 2.83. The monoisotopic (exact) mass is 366 g/mol. The van der Waals surface area contributed by atoms with Crippen molar-refractivity contribution in [2.24, 2.45) is 5.92 Å². The number of unbranched alkanes of at least 4 members (excludes halogenated alkanes) is 1. The van der Waals surface area contributed by atoms with Crippen LogP contribution in [-0.4, -0.2) is 18.4 Å². The lowest BCUT2D eigenvalue weighted by molar-refractivity contribution is -0.117. The van der Waals surface area contributed by atoms with Gasteiger partial charge in [-0.3, -0.25) is 9.59 Å². The molecule has 3 rings (SSSR count). The number of hydrogen-bond donors (Lipinski definition) is 2. The van der Waals surface area contributed by atoms with Crippen LogP contribution in [0.5, 0.6) is 5.75 Å². The van der Waals surface area contributed by atoms with E-state index in [1.807, 2.05) is 31.2 Å². The highest BCUT2D eigenvalue weighted by molar-refractivity contribution is 6.06. The minimum Gasteiger partial charge on any atom is -0.493 e. The Bertz CT molecular complexity index is 828. The normalized spacial score (nSPS) is 13.1. The molecule has 1 aliphatic rings. The first-order valence-electron chi connectivity index (χ1n) is 9.53. The molecule has 0 aromatic heterocycles. The van der Waals surface area contributed by atoms with Crippen LogP contribution in [0.2, 0.25) is 0 Å². The summed E-state index contributed by atoms with van der Waals surface area (Å²) in [6.45, 7) is 4.62. The average molecular weight is 366 g/mol. The van der Waals surface area contributed by atoms with E-state index >= 15 is 0 Å². The molecule has 0 aliphatic heterocycles. The van der Waals surface area contributed by atoms with Gasteiger partial charge in [-0.1, -0.05) is 31.5 Å². The van der Waals surface area contributed by atoms with Gasteiger partial charge in [0.15, 0.2) is 0 Å². The number of nitrogens with one attached hydrogen (secondary N) is 2. The maximum absolute atomic E-state index is 12.7. The quantitative estimate of drug-likeness (QED) is 0.661. The summed E-state index contributed by atoms with van der Waals surface area (Å²) >= 11 is 0. The zero-order chi connectivity index (χ0) is 19.2. The lowest BCUT2D eigenvalue weighted by Crippen LogP contribution is -2.16. The minimum atomic E-state index is -0.231. The Hall–Kier alpha value is -2.82. The molecule has 5 heteroatoms. The van der Waals surface area contributed by atoms with Gasteiger partial charge in [0, 0.05) is 17.3 Å². The van der Waals surface area contributed by atoms with Gasteiger partial charge in [0.2, 0.25) is 5.91 Å². The molecule has 1 saturated carbocycles. The van der Waals surface area contributed by atoms with Crippen molar-refractivity contribution in [3.05, 3.63) is 53.6 Å². The summed E-state index contributed by atoms with van der Waals surface area (Å²) in [6, 6.07) is 12.8. The van der Waals surface area contributed by atoms with Gasteiger partial charge < -0.3 is 15.4 Å². The van der Waals surface area contributed by atoms with Crippen molar-refractivity contribution in [2.75, 3.05) is 17.2 Å². The van der Waals surface area contributed by atoms with E-state index in [1.165, 1.54) is 0 Å². The highest BCUT2D eigenvalue weighted by Crippen LogP contribution is 2.31. The Labute approximate surface area is 160 Å². The molecule has 142 valence electrons. The lowest BCUT2D eigenvalue weighted by Gasteiger charge is -2.13. The van der Waals surface area contributed by atoms with E-state index in [1.54, 1.807) is 18.2 Å². The number of carbonyl (C=O) groups is 2. The van der Waals surface area contributed by atoms with Gasteiger partial charge in [-0.25, -0.2) is 0 Å². The molecular weight excluding hydrogens is 340 g/mol. The maximum Gasteiger partial charge on any atom is 0.259 e. The van der Waals surface area contributed by atoms with E-state index in [4.69, 9.17) is 4.74 Å².